The van der Waals surface area contributed by atoms with Crippen molar-refractivity contribution in [3.63, 3.8) is 0 Å². The zero-order valence-electron chi connectivity index (χ0n) is 16.1. The Hall–Kier alpha value is -2.36. The number of ether oxygens (including phenoxy) is 2. The minimum Gasteiger partial charge on any atom is -0.496 e. The van der Waals surface area contributed by atoms with Crippen LogP contribution in [0.5, 0.6) is 5.75 Å². The van der Waals surface area contributed by atoms with Gasteiger partial charge in [-0.1, -0.05) is 18.2 Å². The van der Waals surface area contributed by atoms with Gasteiger partial charge in [-0.25, -0.2) is 9.18 Å². The van der Waals surface area contributed by atoms with Crippen LogP contribution in [0.15, 0.2) is 47.5 Å². The van der Waals surface area contributed by atoms with Gasteiger partial charge in [-0.05, 0) is 41.8 Å². The van der Waals surface area contributed by atoms with Gasteiger partial charge < -0.3 is 20.1 Å². The quantitative estimate of drug-likeness (QED) is 0.264. The molecule has 0 aromatic heterocycles. The van der Waals surface area contributed by atoms with Gasteiger partial charge in [-0.15, -0.1) is 24.0 Å². The molecule has 2 N–H and O–H groups in total. The smallest absolute Gasteiger partial charge is 0.341 e. The maximum atomic E-state index is 13.2. The summed E-state index contributed by atoms with van der Waals surface area (Å²) < 4.78 is 23.2. The van der Waals surface area contributed by atoms with Gasteiger partial charge in [0.2, 0.25) is 0 Å². The molecule has 0 aliphatic heterocycles. The summed E-state index contributed by atoms with van der Waals surface area (Å²) in [6, 6.07) is 11.8. The number of benzene rings is 2. The molecule has 0 atom stereocenters. The lowest BCUT2D eigenvalue weighted by Gasteiger charge is -2.13. The number of carbonyl (C=O) groups is 1. The summed E-state index contributed by atoms with van der Waals surface area (Å²) in [5.74, 6) is 0.382. The Labute approximate surface area is 181 Å². The van der Waals surface area contributed by atoms with Gasteiger partial charge in [-0.2, -0.15) is 0 Å². The lowest BCUT2D eigenvalue weighted by molar-refractivity contribution is 0.0597. The molecule has 6 nitrogen and oxygen atoms in total. The summed E-state index contributed by atoms with van der Waals surface area (Å²) in [5, 5.41) is 6.36. The molecule has 0 heterocycles. The zero-order chi connectivity index (χ0) is 19.6. The zero-order valence-corrected chi connectivity index (χ0v) is 18.5. The first kappa shape index (κ1) is 23.7. The van der Waals surface area contributed by atoms with Crippen molar-refractivity contribution < 1.29 is 18.7 Å². The van der Waals surface area contributed by atoms with Gasteiger partial charge in [-0.3, -0.25) is 4.99 Å². The van der Waals surface area contributed by atoms with Gasteiger partial charge in [0.1, 0.15) is 17.1 Å². The van der Waals surface area contributed by atoms with Crippen molar-refractivity contribution in [1.82, 2.24) is 10.6 Å². The topological polar surface area (TPSA) is 72.0 Å². The summed E-state index contributed by atoms with van der Waals surface area (Å²) in [7, 11) is 4.51. The molecule has 0 unspecified atom stereocenters. The largest absolute Gasteiger partial charge is 0.496 e. The number of hydrogen-bond acceptors (Lipinski definition) is 4. The highest BCUT2D eigenvalue weighted by Gasteiger charge is 2.13. The van der Waals surface area contributed by atoms with Crippen molar-refractivity contribution in [2.24, 2.45) is 4.99 Å². The van der Waals surface area contributed by atoms with E-state index in [1.54, 1.807) is 25.2 Å². The number of rotatable bonds is 7. The normalized spacial score (nSPS) is 10.6. The minimum atomic E-state index is -0.452. The van der Waals surface area contributed by atoms with E-state index in [2.05, 4.69) is 15.6 Å². The van der Waals surface area contributed by atoms with Crippen LogP contribution in [-0.2, 0) is 17.7 Å². The molecule has 2 aromatic carbocycles. The van der Waals surface area contributed by atoms with Crippen LogP contribution in [0.25, 0.3) is 0 Å². The molecular formula is C20H25FIN3O3. The number of nitrogens with one attached hydrogen (secondary N) is 2. The monoisotopic (exact) mass is 501 g/mol. The van der Waals surface area contributed by atoms with Gasteiger partial charge in [0.15, 0.2) is 5.96 Å². The molecule has 152 valence electrons. The number of nitrogens with zero attached hydrogens (tertiary/aromatic N) is 1. The Bertz CT molecular complexity index is 815. The molecule has 0 amide bonds. The Morgan fingerprint density at radius 3 is 2.54 bits per heavy atom. The van der Waals surface area contributed by atoms with E-state index in [9.17, 15) is 9.18 Å². The van der Waals surface area contributed by atoms with Crippen molar-refractivity contribution in [3.05, 3.63) is 65.0 Å². The van der Waals surface area contributed by atoms with Gasteiger partial charge in [0.05, 0.1) is 14.2 Å². The molecule has 8 heteroatoms. The SMILES string of the molecule is CN=C(NCCc1cccc(F)c1)NCc1ccc(OC)c(C(=O)OC)c1.I. The summed E-state index contributed by atoms with van der Waals surface area (Å²) in [6.45, 7) is 1.08. The van der Waals surface area contributed by atoms with Crippen molar-refractivity contribution in [2.45, 2.75) is 13.0 Å². The van der Waals surface area contributed by atoms with Crippen molar-refractivity contribution in [2.75, 3.05) is 27.8 Å². The van der Waals surface area contributed by atoms with Crippen molar-refractivity contribution in [1.29, 1.82) is 0 Å². The predicted octanol–water partition coefficient (Wildman–Crippen LogP) is 3.15. The van der Waals surface area contributed by atoms with Gasteiger partial charge >= 0.3 is 5.97 Å². The molecule has 0 spiro atoms. The summed E-state index contributed by atoms with van der Waals surface area (Å²) in [5.41, 5.74) is 2.16. The summed E-state index contributed by atoms with van der Waals surface area (Å²) >= 11 is 0. The number of methoxy groups -OCH3 is 2. The first-order valence-electron chi connectivity index (χ1n) is 8.51. The number of halogens is 2. The average molecular weight is 501 g/mol. The molecule has 2 aromatic rings. The van der Waals surface area contributed by atoms with E-state index >= 15 is 0 Å². The number of aliphatic imine (C=N–C) groups is 1. The highest BCUT2D eigenvalue weighted by Crippen LogP contribution is 2.20. The molecule has 0 aliphatic carbocycles. The lowest BCUT2D eigenvalue weighted by atomic mass is 10.1. The molecule has 0 fully saturated rings. The number of esters is 1. The second-order valence-electron chi connectivity index (χ2n) is 5.76. The number of carbonyl (C=O) groups excluding carboxylic acids is 1. The van der Waals surface area contributed by atoms with E-state index in [0.29, 0.717) is 36.8 Å². The molecular weight excluding hydrogens is 476 g/mol. The van der Waals surface area contributed by atoms with E-state index in [1.165, 1.54) is 26.4 Å². The predicted molar refractivity (Wildman–Crippen MR) is 118 cm³/mol. The second-order valence-corrected chi connectivity index (χ2v) is 5.76. The lowest BCUT2D eigenvalue weighted by Crippen LogP contribution is -2.37. The Morgan fingerprint density at radius 2 is 1.89 bits per heavy atom. The molecule has 0 aliphatic rings. The highest BCUT2D eigenvalue weighted by atomic mass is 127. The third-order valence-electron chi connectivity index (χ3n) is 3.95. The first-order chi connectivity index (χ1) is 13.1. The molecule has 2 rings (SSSR count). The summed E-state index contributed by atoms with van der Waals surface area (Å²) in [4.78, 5) is 16.0. The van der Waals surface area contributed by atoms with Gasteiger partial charge in [0, 0.05) is 20.1 Å². The minimum absolute atomic E-state index is 0. The molecule has 0 radical (unpaired) electrons. The first-order valence-corrected chi connectivity index (χ1v) is 8.51. The number of guanidine groups is 1. The van der Waals surface area contributed by atoms with Crippen molar-refractivity contribution >= 4 is 35.9 Å². The summed E-state index contributed by atoms with van der Waals surface area (Å²) in [6.07, 6.45) is 0.674. The van der Waals surface area contributed by atoms with Crippen LogP contribution in [0.2, 0.25) is 0 Å². The van der Waals surface area contributed by atoms with E-state index in [0.717, 1.165) is 11.1 Å². The van der Waals surface area contributed by atoms with Crippen LogP contribution >= 0.6 is 24.0 Å². The van der Waals surface area contributed by atoms with E-state index in [-0.39, 0.29) is 29.8 Å². The second kappa shape index (κ2) is 12.2. The van der Waals surface area contributed by atoms with Gasteiger partial charge in [0.25, 0.3) is 0 Å². The average Bonchev–Trinajstić information content (AvgIpc) is 2.69. The molecule has 0 bridgehead atoms. The fourth-order valence-corrected chi connectivity index (χ4v) is 2.56. The fourth-order valence-electron chi connectivity index (χ4n) is 2.56. The molecule has 0 saturated heterocycles. The Balaban J connectivity index is 0.00000392. The van der Waals surface area contributed by atoms with Crippen LogP contribution in [0.4, 0.5) is 4.39 Å². The number of hydrogen-bond donors (Lipinski definition) is 2. The van der Waals surface area contributed by atoms with Crippen LogP contribution < -0.4 is 15.4 Å². The third kappa shape index (κ3) is 6.99. The third-order valence-corrected chi connectivity index (χ3v) is 3.95. The van der Waals surface area contributed by atoms with E-state index < -0.39 is 5.97 Å². The van der Waals surface area contributed by atoms with Crippen LogP contribution in [0.1, 0.15) is 21.5 Å². The van der Waals surface area contributed by atoms with Crippen LogP contribution in [-0.4, -0.2) is 39.7 Å². The maximum Gasteiger partial charge on any atom is 0.341 e. The standard InChI is InChI=1S/C20H24FN3O3.HI/c1-22-20(23-10-9-14-5-4-6-16(21)11-14)24-13-15-7-8-18(26-2)17(12-15)19(25)27-3;/h4-8,11-12H,9-10,13H2,1-3H3,(H2,22,23,24);1H. The van der Waals surface area contributed by atoms with E-state index in [4.69, 9.17) is 9.47 Å². The highest BCUT2D eigenvalue weighted by molar-refractivity contribution is 14.0. The molecule has 0 saturated carbocycles. The molecule has 28 heavy (non-hydrogen) atoms. The maximum absolute atomic E-state index is 13.2. The van der Waals surface area contributed by atoms with Crippen LogP contribution in [0, 0.1) is 5.82 Å². The van der Waals surface area contributed by atoms with Crippen molar-refractivity contribution in [3.8, 4) is 5.75 Å². The Morgan fingerprint density at radius 1 is 1.11 bits per heavy atom. The van der Waals surface area contributed by atoms with E-state index in [1.807, 2.05) is 12.1 Å². The fraction of sp³-hybridized carbons (Fsp3) is 0.300. The Kier molecular flexibility index (Phi) is 10.3. The van der Waals surface area contributed by atoms with Crippen LogP contribution in [0.3, 0.4) is 0 Å².